The summed E-state index contributed by atoms with van der Waals surface area (Å²) in [7, 11) is 0. The highest BCUT2D eigenvalue weighted by atomic mass is 19.1. The molecule has 3 nitrogen and oxygen atoms in total. The van der Waals surface area contributed by atoms with Crippen molar-refractivity contribution in [3.8, 4) is 0 Å². The monoisotopic (exact) mass is 259 g/mol. The zero-order valence-electron chi connectivity index (χ0n) is 10.7. The van der Waals surface area contributed by atoms with Crippen molar-refractivity contribution in [1.82, 2.24) is 0 Å². The number of aromatic carboxylic acids is 1. The summed E-state index contributed by atoms with van der Waals surface area (Å²) in [6.07, 6.45) is 0. The second kappa shape index (κ2) is 5.10. The number of carboxylic acids is 1. The molecule has 0 heterocycles. The van der Waals surface area contributed by atoms with Crippen LogP contribution in [0.1, 0.15) is 21.5 Å². The van der Waals surface area contributed by atoms with Crippen LogP contribution in [0.3, 0.4) is 0 Å². The maximum atomic E-state index is 13.6. The van der Waals surface area contributed by atoms with E-state index in [1.54, 1.807) is 31.2 Å². The Morgan fingerprint density at radius 1 is 1.16 bits per heavy atom. The first-order valence-electron chi connectivity index (χ1n) is 5.84. The molecule has 0 radical (unpaired) electrons. The minimum Gasteiger partial charge on any atom is -0.478 e. The number of benzene rings is 2. The van der Waals surface area contributed by atoms with E-state index in [-0.39, 0.29) is 11.4 Å². The van der Waals surface area contributed by atoms with Gasteiger partial charge in [0.2, 0.25) is 0 Å². The summed E-state index contributed by atoms with van der Waals surface area (Å²) in [6.45, 7) is 3.59. The lowest BCUT2D eigenvalue weighted by atomic mass is 10.1. The Morgan fingerprint density at radius 2 is 1.89 bits per heavy atom. The molecule has 0 unspecified atom stereocenters. The fourth-order valence-electron chi connectivity index (χ4n) is 1.87. The van der Waals surface area contributed by atoms with Crippen molar-refractivity contribution in [2.45, 2.75) is 13.8 Å². The number of carbonyl (C=O) groups is 1. The molecule has 19 heavy (non-hydrogen) atoms. The van der Waals surface area contributed by atoms with Crippen molar-refractivity contribution in [2.24, 2.45) is 0 Å². The van der Waals surface area contributed by atoms with Crippen LogP contribution in [0.5, 0.6) is 0 Å². The first kappa shape index (κ1) is 13.1. The van der Waals surface area contributed by atoms with E-state index in [0.29, 0.717) is 16.9 Å². The van der Waals surface area contributed by atoms with Crippen molar-refractivity contribution < 1.29 is 14.3 Å². The van der Waals surface area contributed by atoms with Crippen LogP contribution >= 0.6 is 0 Å². The molecule has 0 saturated carbocycles. The SMILES string of the molecule is Cc1ccc(F)c(Nc2ccc(C(=O)O)c(C)c2)c1. The number of carboxylic acid groups (broad SMARTS) is 1. The van der Waals surface area contributed by atoms with Crippen LogP contribution in [-0.2, 0) is 0 Å². The van der Waals surface area contributed by atoms with Gasteiger partial charge in [0.15, 0.2) is 0 Å². The minimum atomic E-state index is -0.967. The van der Waals surface area contributed by atoms with Gasteiger partial charge < -0.3 is 10.4 Å². The number of nitrogens with one attached hydrogen (secondary N) is 1. The summed E-state index contributed by atoms with van der Waals surface area (Å²) in [6, 6.07) is 9.61. The summed E-state index contributed by atoms with van der Waals surface area (Å²) >= 11 is 0. The normalized spacial score (nSPS) is 10.3. The molecule has 98 valence electrons. The van der Waals surface area contributed by atoms with Crippen LogP contribution in [-0.4, -0.2) is 11.1 Å². The van der Waals surface area contributed by atoms with Crippen molar-refractivity contribution in [3.63, 3.8) is 0 Å². The third-order valence-electron chi connectivity index (χ3n) is 2.86. The average Bonchev–Trinajstić information content (AvgIpc) is 2.33. The summed E-state index contributed by atoms with van der Waals surface area (Å²) in [5.41, 5.74) is 2.86. The zero-order valence-corrected chi connectivity index (χ0v) is 10.7. The summed E-state index contributed by atoms with van der Waals surface area (Å²) in [5, 5.41) is 11.9. The molecule has 4 heteroatoms. The predicted molar refractivity (Wildman–Crippen MR) is 72.6 cm³/mol. The quantitative estimate of drug-likeness (QED) is 0.879. The molecule has 2 rings (SSSR count). The minimum absolute atomic E-state index is 0.246. The molecular formula is C15H14FNO2. The number of hydrogen-bond donors (Lipinski definition) is 2. The Bertz CT molecular complexity index is 638. The van der Waals surface area contributed by atoms with Gasteiger partial charge >= 0.3 is 5.97 Å². The first-order chi connectivity index (χ1) is 8.97. The maximum Gasteiger partial charge on any atom is 0.335 e. The van der Waals surface area contributed by atoms with E-state index in [9.17, 15) is 9.18 Å². The number of aryl methyl sites for hydroxylation is 2. The number of anilines is 2. The molecule has 0 aliphatic rings. The molecule has 2 N–H and O–H groups in total. The fourth-order valence-corrected chi connectivity index (χ4v) is 1.87. The molecular weight excluding hydrogens is 245 g/mol. The lowest BCUT2D eigenvalue weighted by Gasteiger charge is -2.10. The van der Waals surface area contributed by atoms with E-state index in [0.717, 1.165) is 5.56 Å². The van der Waals surface area contributed by atoms with E-state index in [4.69, 9.17) is 5.11 Å². The number of hydrogen-bond acceptors (Lipinski definition) is 2. The highest BCUT2D eigenvalue weighted by molar-refractivity contribution is 5.90. The van der Waals surface area contributed by atoms with Gasteiger partial charge in [-0.3, -0.25) is 0 Å². The van der Waals surface area contributed by atoms with Crippen molar-refractivity contribution in [3.05, 3.63) is 58.9 Å². The fraction of sp³-hybridized carbons (Fsp3) is 0.133. The molecule has 0 bridgehead atoms. The smallest absolute Gasteiger partial charge is 0.335 e. The van der Waals surface area contributed by atoms with E-state index in [1.165, 1.54) is 12.1 Å². The molecule has 2 aromatic rings. The predicted octanol–water partition coefficient (Wildman–Crippen LogP) is 3.88. The van der Waals surface area contributed by atoms with Crippen molar-refractivity contribution >= 4 is 17.3 Å². The topological polar surface area (TPSA) is 49.3 Å². The molecule has 0 saturated heterocycles. The highest BCUT2D eigenvalue weighted by Gasteiger charge is 2.08. The lowest BCUT2D eigenvalue weighted by molar-refractivity contribution is 0.0696. The molecule has 0 spiro atoms. The van der Waals surface area contributed by atoms with Gasteiger partial charge in [0.05, 0.1) is 11.3 Å². The summed E-state index contributed by atoms with van der Waals surface area (Å²) in [5.74, 6) is -1.31. The van der Waals surface area contributed by atoms with Gasteiger partial charge in [-0.1, -0.05) is 6.07 Å². The Hall–Kier alpha value is -2.36. The van der Waals surface area contributed by atoms with Gasteiger partial charge in [-0.05, 0) is 55.3 Å². The molecule has 0 aliphatic heterocycles. The molecule has 2 aromatic carbocycles. The third kappa shape index (κ3) is 2.91. The van der Waals surface area contributed by atoms with Crippen LogP contribution in [0.25, 0.3) is 0 Å². The van der Waals surface area contributed by atoms with Crippen LogP contribution in [0.4, 0.5) is 15.8 Å². The number of halogens is 1. The summed E-state index contributed by atoms with van der Waals surface area (Å²) in [4.78, 5) is 10.9. The summed E-state index contributed by atoms with van der Waals surface area (Å²) < 4.78 is 13.6. The van der Waals surface area contributed by atoms with Gasteiger partial charge in [-0.2, -0.15) is 0 Å². The largest absolute Gasteiger partial charge is 0.478 e. The van der Waals surface area contributed by atoms with Crippen molar-refractivity contribution in [2.75, 3.05) is 5.32 Å². The third-order valence-corrected chi connectivity index (χ3v) is 2.86. The van der Waals surface area contributed by atoms with E-state index in [2.05, 4.69) is 5.32 Å². The van der Waals surface area contributed by atoms with Crippen LogP contribution < -0.4 is 5.32 Å². The Kier molecular flexibility index (Phi) is 3.51. The zero-order chi connectivity index (χ0) is 14.0. The molecule has 0 aliphatic carbocycles. The Labute approximate surface area is 110 Å². The van der Waals surface area contributed by atoms with Crippen LogP contribution in [0, 0.1) is 19.7 Å². The van der Waals surface area contributed by atoms with Gasteiger partial charge in [-0.15, -0.1) is 0 Å². The molecule has 0 amide bonds. The van der Waals surface area contributed by atoms with Crippen LogP contribution in [0.2, 0.25) is 0 Å². The van der Waals surface area contributed by atoms with Crippen LogP contribution in [0.15, 0.2) is 36.4 Å². The van der Waals surface area contributed by atoms with Crippen molar-refractivity contribution in [1.29, 1.82) is 0 Å². The van der Waals surface area contributed by atoms with E-state index < -0.39 is 5.97 Å². The Balaban J connectivity index is 2.31. The second-order valence-electron chi connectivity index (χ2n) is 4.44. The first-order valence-corrected chi connectivity index (χ1v) is 5.84. The Morgan fingerprint density at radius 3 is 2.53 bits per heavy atom. The molecule has 0 aromatic heterocycles. The van der Waals surface area contributed by atoms with Gasteiger partial charge in [0, 0.05) is 5.69 Å². The second-order valence-corrected chi connectivity index (χ2v) is 4.44. The highest BCUT2D eigenvalue weighted by Crippen LogP contribution is 2.23. The maximum absolute atomic E-state index is 13.6. The van der Waals surface area contributed by atoms with Gasteiger partial charge in [-0.25, -0.2) is 9.18 Å². The standard InChI is InChI=1S/C15H14FNO2/c1-9-3-6-13(16)14(7-9)17-11-4-5-12(15(18)19)10(2)8-11/h3-8,17H,1-2H3,(H,18,19). The van der Waals surface area contributed by atoms with E-state index >= 15 is 0 Å². The average molecular weight is 259 g/mol. The number of rotatable bonds is 3. The van der Waals surface area contributed by atoms with Gasteiger partial charge in [0.25, 0.3) is 0 Å². The molecule has 0 atom stereocenters. The van der Waals surface area contributed by atoms with E-state index in [1.807, 2.05) is 6.92 Å². The lowest BCUT2D eigenvalue weighted by Crippen LogP contribution is -2.01. The molecule has 0 fully saturated rings. The van der Waals surface area contributed by atoms with Gasteiger partial charge in [0.1, 0.15) is 5.82 Å².